The van der Waals surface area contributed by atoms with E-state index in [-0.39, 0.29) is 17.0 Å². The molecule has 0 amide bonds. The normalized spacial score (nSPS) is 20.2. The van der Waals surface area contributed by atoms with Gasteiger partial charge in [0, 0.05) is 12.0 Å². The molecule has 2 heterocycles. The van der Waals surface area contributed by atoms with Crippen molar-refractivity contribution in [2.75, 3.05) is 0 Å². The van der Waals surface area contributed by atoms with Gasteiger partial charge in [-0.1, -0.05) is 25.7 Å². The first-order valence-electron chi connectivity index (χ1n) is 8.58. The van der Waals surface area contributed by atoms with E-state index in [0.717, 1.165) is 38.5 Å². The Kier molecular flexibility index (Phi) is 4.17. The number of nitrogens with zero attached hydrogens (tertiary/aromatic N) is 2. The number of hydrogen-bond donors (Lipinski definition) is 1. The monoisotopic (exact) mass is 351 g/mol. The third-order valence-electron chi connectivity index (χ3n) is 4.88. The summed E-state index contributed by atoms with van der Waals surface area (Å²) < 4.78 is 38.6. The summed E-state index contributed by atoms with van der Waals surface area (Å²) in [5.74, 6) is 1.46. The quantitative estimate of drug-likeness (QED) is 0.888. The van der Waals surface area contributed by atoms with E-state index in [0.29, 0.717) is 17.6 Å². The average Bonchev–Trinajstić information content (AvgIpc) is 3.31. The van der Waals surface area contributed by atoms with Crippen LogP contribution >= 0.6 is 0 Å². The van der Waals surface area contributed by atoms with Gasteiger partial charge in [-0.2, -0.15) is 0 Å². The third-order valence-corrected chi connectivity index (χ3v) is 6.27. The summed E-state index contributed by atoms with van der Waals surface area (Å²) in [6.07, 6.45) is 8.35. The van der Waals surface area contributed by atoms with Crippen molar-refractivity contribution in [3.8, 4) is 11.7 Å². The molecular formula is C16H21N3O4S. The van der Waals surface area contributed by atoms with Gasteiger partial charge in [-0.25, -0.2) is 13.1 Å². The molecule has 2 aliphatic rings. The molecule has 2 fully saturated rings. The lowest BCUT2D eigenvalue weighted by atomic mass is 10.1. The summed E-state index contributed by atoms with van der Waals surface area (Å²) in [5, 5.41) is 7.99. The first-order valence-corrected chi connectivity index (χ1v) is 10.1. The van der Waals surface area contributed by atoms with Crippen LogP contribution in [0.1, 0.15) is 63.2 Å². The second-order valence-electron chi connectivity index (χ2n) is 6.65. The molecule has 2 aromatic rings. The number of nitrogens with one attached hydrogen (secondary N) is 1. The standard InChI is InChI=1S/C16H21N3O4S/c20-24(21,19-12-7-3-4-8-12)14-10-9-13(22-14)16-18-17-15(23-16)11-5-1-2-6-11/h9-12,19H,1-8H2. The fraction of sp³-hybridized carbons (Fsp3) is 0.625. The molecule has 0 unspecified atom stereocenters. The van der Waals surface area contributed by atoms with Gasteiger partial charge in [0.1, 0.15) is 0 Å². The molecule has 0 aliphatic heterocycles. The molecule has 7 nitrogen and oxygen atoms in total. The van der Waals surface area contributed by atoms with E-state index >= 15 is 0 Å². The SMILES string of the molecule is O=S(=O)(NC1CCCC1)c1ccc(-c2nnc(C3CCCC3)o2)o1. The molecule has 8 heteroatoms. The maximum Gasteiger partial charge on any atom is 0.283 e. The Bertz CT molecular complexity index is 799. The molecule has 2 aromatic heterocycles. The molecule has 1 N–H and O–H groups in total. The Labute approximate surface area is 140 Å². The smallest absolute Gasteiger partial charge is 0.283 e. The van der Waals surface area contributed by atoms with Gasteiger partial charge in [-0.05, 0) is 37.8 Å². The van der Waals surface area contributed by atoms with E-state index < -0.39 is 10.0 Å². The van der Waals surface area contributed by atoms with Crippen molar-refractivity contribution in [1.29, 1.82) is 0 Å². The maximum atomic E-state index is 12.4. The van der Waals surface area contributed by atoms with E-state index in [9.17, 15) is 8.42 Å². The molecule has 0 saturated heterocycles. The zero-order valence-electron chi connectivity index (χ0n) is 13.4. The molecule has 0 bridgehead atoms. The van der Waals surface area contributed by atoms with Gasteiger partial charge in [-0.3, -0.25) is 0 Å². The molecule has 0 radical (unpaired) electrons. The van der Waals surface area contributed by atoms with E-state index in [4.69, 9.17) is 8.83 Å². The Morgan fingerprint density at radius 2 is 1.67 bits per heavy atom. The van der Waals surface area contributed by atoms with Crippen molar-refractivity contribution in [2.45, 2.75) is 68.4 Å². The van der Waals surface area contributed by atoms with Gasteiger partial charge >= 0.3 is 0 Å². The highest BCUT2D eigenvalue weighted by Gasteiger charge is 2.27. The van der Waals surface area contributed by atoms with E-state index in [1.807, 2.05) is 0 Å². The number of rotatable bonds is 5. The van der Waals surface area contributed by atoms with Crippen LogP contribution in [0.3, 0.4) is 0 Å². The van der Waals surface area contributed by atoms with Gasteiger partial charge in [0.25, 0.3) is 15.9 Å². The van der Waals surface area contributed by atoms with Crippen LogP contribution in [0.25, 0.3) is 11.7 Å². The number of sulfonamides is 1. The van der Waals surface area contributed by atoms with Crippen LogP contribution in [0.2, 0.25) is 0 Å². The van der Waals surface area contributed by atoms with Gasteiger partial charge in [-0.15, -0.1) is 10.2 Å². The minimum atomic E-state index is -3.65. The van der Waals surface area contributed by atoms with Gasteiger partial charge in [0.2, 0.25) is 11.0 Å². The van der Waals surface area contributed by atoms with Crippen LogP contribution in [0, 0.1) is 0 Å². The number of furan rings is 1. The average molecular weight is 351 g/mol. The lowest BCUT2D eigenvalue weighted by Gasteiger charge is -2.10. The highest BCUT2D eigenvalue weighted by atomic mass is 32.2. The summed E-state index contributed by atoms with van der Waals surface area (Å²) in [4.78, 5) is 0. The third kappa shape index (κ3) is 3.12. The van der Waals surface area contributed by atoms with E-state index in [1.165, 1.54) is 18.9 Å². The predicted octanol–water partition coefficient (Wildman–Crippen LogP) is 3.21. The molecule has 130 valence electrons. The fourth-order valence-corrected chi connectivity index (χ4v) is 4.81. The summed E-state index contributed by atoms with van der Waals surface area (Å²) in [6.45, 7) is 0. The van der Waals surface area contributed by atoms with Crippen LogP contribution < -0.4 is 4.72 Å². The van der Waals surface area contributed by atoms with Crippen LogP contribution in [0.15, 0.2) is 26.1 Å². The van der Waals surface area contributed by atoms with Crippen molar-refractivity contribution in [3.63, 3.8) is 0 Å². The van der Waals surface area contributed by atoms with Crippen LogP contribution in [0.4, 0.5) is 0 Å². The molecule has 0 atom stereocenters. The Morgan fingerprint density at radius 3 is 2.42 bits per heavy atom. The minimum Gasteiger partial charge on any atom is -0.438 e. The maximum absolute atomic E-state index is 12.4. The first kappa shape index (κ1) is 15.8. The van der Waals surface area contributed by atoms with Crippen molar-refractivity contribution >= 4 is 10.0 Å². The molecule has 24 heavy (non-hydrogen) atoms. The lowest BCUT2D eigenvalue weighted by Crippen LogP contribution is -2.32. The summed E-state index contributed by atoms with van der Waals surface area (Å²) >= 11 is 0. The zero-order chi connectivity index (χ0) is 16.6. The van der Waals surface area contributed by atoms with Crippen molar-refractivity contribution in [1.82, 2.24) is 14.9 Å². The van der Waals surface area contributed by atoms with Gasteiger partial charge in [0.05, 0.1) is 0 Å². The van der Waals surface area contributed by atoms with Crippen LogP contribution in [0.5, 0.6) is 0 Å². The highest BCUT2D eigenvalue weighted by Crippen LogP contribution is 2.34. The number of hydrogen-bond acceptors (Lipinski definition) is 6. The molecule has 2 saturated carbocycles. The van der Waals surface area contributed by atoms with E-state index in [1.54, 1.807) is 6.07 Å². The summed E-state index contributed by atoms with van der Waals surface area (Å²) in [6, 6.07) is 3.00. The van der Waals surface area contributed by atoms with Crippen molar-refractivity contribution in [3.05, 3.63) is 18.0 Å². The largest absolute Gasteiger partial charge is 0.438 e. The molecular weight excluding hydrogens is 330 g/mol. The van der Waals surface area contributed by atoms with Gasteiger partial charge < -0.3 is 8.83 Å². The Hall–Kier alpha value is -1.67. The zero-order valence-corrected chi connectivity index (χ0v) is 14.2. The highest BCUT2D eigenvalue weighted by molar-refractivity contribution is 7.89. The Morgan fingerprint density at radius 1 is 0.958 bits per heavy atom. The summed E-state index contributed by atoms with van der Waals surface area (Å²) in [5.41, 5.74) is 0. The first-order chi connectivity index (χ1) is 11.6. The van der Waals surface area contributed by atoms with E-state index in [2.05, 4.69) is 14.9 Å². The predicted molar refractivity (Wildman–Crippen MR) is 85.8 cm³/mol. The van der Waals surface area contributed by atoms with Crippen molar-refractivity contribution in [2.24, 2.45) is 0 Å². The summed E-state index contributed by atoms with van der Waals surface area (Å²) in [7, 11) is -3.65. The topological polar surface area (TPSA) is 98.2 Å². The molecule has 4 rings (SSSR count). The van der Waals surface area contributed by atoms with Crippen molar-refractivity contribution < 1.29 is 17.3 Å². The Balaban J connectivity index is 1.51. The second kappa shape index (κ2) is 6.33. The molecule has 0 spiro atoms. The van der Waals surface area contributed by atoms with Gasteiger partial charge in [0.15, 0.2) is 5.76 Å². The molecule has 2 aliphatic carbocycles. The minimum absolute atomic E-state index is 0.000855. The fourth-order valence-electron chi connectivity index (χ4n) is 3.57. The number of aromatic nitrogens is 2. The lowest BCUT2D eigenvalue weighted by molar-refractivity contribution is 0.417. The molecule has 0 aromatic carbocycles. The van der Waals surface area contributed by atoms with Crippen LogP contribution in [-0.2, 0) is 10.0 Å². The van der Waals surface area contributed by atoms with Crippen LogP contribution in [-0.4, -0.2) is 24.7 Å². The second-order valence-corrected chi connectivity index (χ2v) is 8.29.